The molecule has 0 bridgehead atoms. The summed E-state index contributed by atoms with van der Waals surface area (Å²) in [5.41, 5.74) is 0. The fourth-order valence-electron chi connectivity index (χ4n) is 9.71. The minimum Gasteiger partial charge on any atom is -0.462 e. The molecule has 0 amide bonds. The molecule has 0 saturated carbocycles. The van der Waals surface area contributed by atoms with Crippen LogP contribution in [0.1, 0.15) is 335 Å². The van der Waals surface area contributed by atoms with Crippen molar-refractivity contribution in [1.29, 1.82) is 0 Å². The Labute approximate surface area is 496 Å². The zero-order valence-corrected chi connectivity index (χ0v) is 52.8. The van der Waals surface area contributed by atoms with Gasteiger partial charge in [0.15, 0.2) is 6.10 Å². The summed E-state index contributed by atoms with van der Waals surface area (Å²) >= 11 is 0. The monoisotopic (exact) mass is 1110 g/mol. The van der Waals surface area contributed by atoms with E-state index < -0.39 is 6.10 Å². The van der Waals surface area contributed by atoms with Crippen molar-refractivity contribution in [3.63, 3.8) is 0 Å². The maximum absolute atomic E-state index is 12.9. The van der Waals surface area contributed by atoms with Gasteiger partial charge in [-0.2, -0.15) is 0 Å². The van der Waals surface area contributed by atoms with E-state index in [4.69, 9.17) is 14.2 Å². The van der Waals surface area contributed by atoms with Crippen LogP contribution in [-0.4, -0.2) is 37.2 Å². The van der Waals surface area contributed by atoms with Gasteiger partial charge in [0.2, 0.25) is 0 Å². The summed E-state index contributed by atoms with van der Waals surface area (Å²) in [6, 6.07) is 0. The van der Waals surface area contributed by atoms with E-state index in [1.807, 2.05) is 0 Å². The number of hydrogen-bond acceptors (Lipinski definition) is 6. The normalized spacial score (nSPS) is 12.7. The summed E-state index contributed by atoms with van der Waals surface area (Å²) in [4.78, 5) is 38.4. The Morgan fingerprint density at radius 1 is 0.263 bits per heavy atom. The van der Waals surface area contributed by atoms with Gasteiger partial charge in [-0.15, -0.1) is 0 Å². The molecule has 6 heteroatoms. The lowest BCUT2D eigenvalue weighted by molar-refractivity contribution is -0.167. The Bertz CT molecular complexity index is 1560. The van der Waals surface area contributed by atoms with Crippen LogP contribution in [0.2, 0.25) is 0 Å². The molecule has 0 aromatic rings. The molecule has 0 N–H and O–H groups in total. The summed E-state index contributed by atoms with van der Waals surface area (Å²) in [7, 11) is 0. The number of unbranched alkanes of at least 4 members (excludes halogenated alkanes) is 35. The van der Waals surface area contributed by atoms with E-state index in [-0.39, 0.29) is 31.1 Å². The van der Waals surface area contributed by atoms with Crippen LogP contribution in [-0.2, 0) is 28.6 Å². The first-order valence-electron chi connectivity index (χ1n) is 34.2. The summed E-state index contributed by atoms with van der Waals surface area (Å²) in [6.07, 6.45) is 91.3. The third kappa shape index (κ3) is 65.1. The van der Waals surface area contributed by atoms with Crippen LogP contribution in [0, 0.1) is 0 Å². The summed E-state index contributed by atoms with van der Waals surface area (Å²) in [5.74, 6) is -0.871. The predicted octanol–water partition coefficient (Wildman–Crippen LogP) is 23.6. The van der Waals surface area contributed by atoms with Gasteiger partial charge < -0.3 is 14.2 Å². The maximum atomic E-state index is 12.9. The number of carbonyl (C=O) groups excluding carboxylic acids is 3. The minimum atomic E-state index is -0.782. The first-order valence-corrected chi connectivity index (χ1v) is 34.2. The van der Waals surface area contributed by atoms with E-state index in [2.05, 4.69) is 118 Å². The summed E-state index contributed by atoms with van der Waals surface area (Å²) in [6.45, 7) is 6.53. The fraction of sp³-hybridized carbons (Fsp3) is 0.743. The van der Waals surface area contributed by atoms with E-state index in [1.54, 1.807) is 0 Å². The fourth-order valence-corrected chi connectivity index (χ4v) is 9.71. The third-order valence-electron chi connectivity index (χ3n) is 14.8. The zero-order chi connectivity index (χ0) is 57.8. The van der Waals surface area contributed by atoms with Gasteiger partial charge in [-0.1, -0.05) is 311 Å². The van der Waals surface area contributed by atoms with Crippen LogP contribution in [0.15, 0.2) is 97.2 Å². The smallest absolute Gasteiger partial charge is 0.306 e. The Balaban J connectivity index is 4.25. The molecule has 0 rings (SSSR count). The van der Waals surface area contributed by atoms with Crippen LogP contribution in [0.4, 0.5) is 0 Å². The van der Waals surface area contributed by atoms with Crippen molar-refractivity contribution in [2.45, 2.75) is 341 Å². The molecule has 80 heavy (non-hydrogen) atoms. The van der Waals surface area contributed by atoms with E-state index >= 15 is 0 Å². The molecular formula is C74H128O6. The van der Waals surface area contributed by atoms with Crippen LogP contribution in [0.3, 0.4) is 0 Å². The molecule has 1 atom stereocenters. The van der Waals surface area contributed by atoms with Crippen LogP contribution < -0.4 is 0 Å². The molecule has 0 aliphatic heterocycles. The average Bonchev–Trinajstić information content (AvgIpc) is 3.46. The third-order valence-corrected chi connectivity index (χ3v) is 14.8. The van der Waals surface area contributed by atoms with Crippen molar-refractivity contribution < 1.29 is 28.6 Å². The number of allylic oxidation sites excluding steroid dienone is 16. The van der Waals surface area contributed by atoms with Gasteiger partial charge in [0.1, 0.15) is 13.2 Å². The molecule has 0 saturated heterocycles. The van der Waals surface area contributed by atoms with Crippen molar-refractivity contribution in [1.82, 2.24) is 0 Å². The first-order chi connectivity index (χ1) is 39.5. The lowest BCUT2D eigenvalue weighted by Gasteiger charge is -2.18. The second-order valence-electron chi connectivity index (χ2n) is 22.7. The lowest BCUT2D eigenvalue weighted by atomic mass is 10.0. The van der Waals surface area contributed by atoms with E-state index in [0.29, 0.717) is 19.3 Å². The highest BCUT2D eigenvalue weighted by molar-refractivity contribution is 5.71. The molecule has 460 valence electrons. The predicted molar refractivity (Wildman–Crippen MR) is 348 cm³/mol. The molecular weight excluding hydrogens is 985 g/mol. The maximum Gasteiger partial charge on any atom is 0.306 e. The Kier molecular flexibility index (Phi) is 64.7. The number of esters is 3. The molecule has 0 aromatic heterocycles. The largest absolute Gasteiger partial charge is 0.462 e. The van der Waals surface area contributed by atoms with Crippen LogP contribution >= 0.6 is 0 Å². The zero-order valence-electron chi connectivity index (χ0n) is 52.8. The molecule has 0 heterocycles. The lowest BCUT2D eigenvalue weighted by Crippen LogP contribution is -2.30. The number of hydrogen-bond donors (Lipinski definition) is 0. The molecule has 0 radical (unpaired) electrons. The summed E-state index contributed by atoms with van der Waals surface area (Å²) in [5, 5.41) is 0. The number of ether oxygens (including phenoxy) is 3. The van der Waals surface area contributed by atoms with Crippen molar-refractivity contribution in [2.75, 3.05) is 13.2 Å². The topological polar surface area (TPSA) is 78.9 Å². The average molecular weight is 1110 g/mol. The van der Waals surface area contributed by atoms with Gasteiger partial charge in [0.25, 0.3) is 0 Å². The molecule has 0 aromatic carbocycles. The quantitative estimate of drug-likeness (QED) is 0.0261. The van der Waals surface area contributed by atoms with Crippen molar-refractivity contribution in [3.05, 3.63) is 97.2 Å². The number of rotatable bonds is 62. The Morgan fingerprint density at radius 2 is 0.487 bits per heavy atom. The van der Waals surface area contributed by atoms with Crippen molar-refractivity contribution in [2.24, 2.45) is 0 Å². The minimum absolute atomic E-state index is 0.0769. The van der Waals surface area contributed by atoms with Gasteiger partial charge in [-0.3, -0.25) is 14.4 Å². The van der Waals surface area contributed by atoms with Gasteiger partial charge >= 0.3 is 17.9 Å². The molecule has 0 fully saturated rings. The van der Waals surface area contributed by atoms with Gasteiger partial charge in [-0.05, 0) is 103 Å². The highest BCUT2D eigenvalue weighted by atomic mass is 16.6. The van der Waals surface area contributed by atoms with Crippen LogP contribution in [0.5, 0.6) is 0 Å². The van der Waals surface area contributed by atoms with Gasteiger partial charge in [0, 0.05) is 19.3 Å². The molecule has 6 nitrogen and oxygen atoms in total. The molecule has 1 unspecified atom stereocenters. The molecule has 0 spiro atoms. The van der Waals surface area contributed by atoms with E-state index in [9.17, 15) is 14.4 Å². The Hall–Kier alpha value is -3.67. The van der Waals surface area contributed by atoms with E-state index in [1.165, 1.54) is 186 Å². The van der Waals surface area contributed by atoms with Gasteiger partial charge in [0.05, 0.1) is 0 Å². The van der Waals surface area contributed by atoms with Crippen molar-refractivity contribution >= 4 is 17.9 Å². The summed E-state index contributed by atoms with van der Waals surface area (Å²) < 4.78 is 17.0. The highest BCUT2D eigenvalue weighted by Crippen LogP contribution is 2.17. The number of carbonyl (C=O) groups is 3. The van der Waals surface area contributed by atoms with Crippen molar-refractivity contribution in [3.8, 4) is 0 Å². The second-order valence-corrected chi connectivity index (χ2v) is 22.7. The molecule has 0 aliphatic carbocycles. The molecule has 0 aliphatic rings. The highest BCUT2D eigenvalue weighted by Gasteiger charge is 2.19. The Morgan fingerprint density at radius 3 is 0.787 bits per heavy atom. The van der Waals surface area contributed by atoms with Gasteiger partial charge in [-0.25, -0.2) is 0 Å². The first kappa shape index (κ1) is 76.3. The van der Waals surface area contributed by atoms with E-state index in [0.717, 1.165) is 109 Å². The van der Waals surface area contributed by atoms with Crippen LogP contribution in [0.25, 0.3) is 0 Å². The SMILES string of the molecule is CC/C=C\C/C=C\C/C=C\C/C=C\C/C=C\C/C=C\CCCCCCCCCCCCCCC(=O)OCC(COC(=O)CCCCCCCCCCCCCCCC)OC(=O)CCCCCCCCC/C=C\C/C=C\CCCCC. The second kappa shape index (κ2) is 67.8. The standard InChI is InChI=1S/C74H128O6/c1-4-7-10-13-16-19-22-25-28-30-31-32-33-34-35-36-37-38-39-40-41-42-43-45-46-49-52-55-58-61-64-67-73(76)79-70-71(69-78-72(75)66-63-60-57-54-51-48-27-24-21-18-15-12-9-6-3)80-74(77)68-65-62-59-56-53-50-47-44-29-26-23-20-17-14-11-8-5-2/h7,10,16-17,19-20,25-26,28-29,31-32,34-35,37-38,71H,4-6,8-9,11-15,18,21-24,27,30,33,36,39-70H2,1-3H3/b10-7-,19-16-,20-17-,28-25-,29-26-,32-31-,35-34-,38-37-.